The van der Waals surface area contributed by atoms with E-state index >= 15 is 0 Å². The first kappa shape index (κ1) is 24.3. The summed E-state index contributed by atoms with van der Waals surface area (Å²) in [5.41, 5.74) is 0.491. The minimum atomic E-state index is -0.197. The fraction of sp³-hybridized carbons (Fsp3) is 0.542. The number of para-hydroxylation sites is 1. The third-order valence-corrected chi connectivity index (χ3v) is 7.37. The Morgan fingerprint density at radius 2 is 1.85 bits per heavy atom. The van der Waals surface area contributed by atoms with Crippen molar-refractivity contribution in [3.63, 3.8) is 0 Å². The van der Waals surface area contributed by atoms with E-state index in [0.717, 1.165) is 25.7 Å². The lowest BCUT2D eigenvalue weighted by Gasteiger charge is -2.22. The number of amides is 2. The molecular weight excluding hydrogens is 452 g/mol. The monoisotopic (exact) mass is 484 g/mol. The molecule has 0 atom stereocenters. The molecule has 1 aliphatic rings. The highest BCUT2D eigenvalue weighted by atomic mass is 32.2. The van der Waals surface area contributed by atoms with Crippen LogP contribution in [0.3, 0.4) is 0 Å². The summed E-state index contributed by atoms with van der Waals surface area (Å²) in [5, 5.41) is 12.8. The molecule has 1 aliphatic carbocycles. The van der Waals surface area contributed by atoms with Crippen molar-refractivity contribution in [3.8, 4) is 0 Å². The van der Waals surface area contributed by atoms with Crippen molar-refractivity contribution < 1.29 is 9.59 Å². The van der Waals surface area contributed by atoms with Crippen LogP contribution in [0.2, 0.25) is 0 Å². The number of rotatable bonds is 9. The molecule has 0 unspecified atom stereocenters. The molecule has 9 nitrogen and oxygen atoms in total. The van der Waals surface area contributed by atoms with Gasteiger partial charge in [-0.2, -0.15) is 0 Å². The Kier molecular flexibility index (Phi) is 7.87. The Labute approximate surface area is 202 Å². The second-order valence-corrected chi connectivity index (χ2v) is 9.54. The lowest BCUT2D eigenvalue weighted by molar-refractivity contribution is -0.128. The standard InChI is InChI=1S/C24H32N6O3S/c1-3-28(4-2)21(32)16-34-24-27-26-23-29(15-14-20(31)25-17-10-6-5-7-11-17)22(33)18-12-8-9-13-19(18)30(23)24/h8-9,12-13,17H,3-7,10-11,14-16H2,1-2H3,(H,25,31). The van der Waals surface area contributed by atoms with Gasteiger partial charge >= 0.3 is 0 Å². The Bertz CT molecular complexity index is 1230. The SMILES string of the molecule is CCN(CC)C(=O)CSc1nnc2n(CCC(=O)NC3CCCCC3)c(=O)c3ccccc3n12. The van der Waals surface area contributed by atoms with Gasteiger partial charge in [-0.25, -0.2) is 0 Å². The molecule has 2 amide bonds. The molecule has 0 aliphatic heterocycles. The number of fused-ring (bicyclic) bond motifs is 3. The molecule has 34 heavy (non-hydrogen) atoms. The van der Waals surface area contributed by atoms with Gasteiger partial charge in [0.05, 0.1) is 16.7 Å². The summed E-state index contributed by atoms with van der Waals surface area (Å²) in [5.74, 6) is 0.597. The summed E-state index contributed by atoms with van der Waals surface area (Å²) < 4.78 is 3.34. The van der Waals surface area contributed by atoms with Crippen molar-refractivity contribution >= 4 is 40.3 Å². The first-order valence-electron chi connectivity index (χ1n) is 12.1. The first-order valence-corrected chi connectivity index (χ1v) is 13.1. The fourth-order valence-corrected chi connectivity index (χ4v) is 5.43. The molecule has 182 valence electrons. The second-order valence-electron chi connectivity index (χ2n) is 8.60. The van der Waals surface area contributed by atoms with E-state index in [1.165, 1.54) is 22.7 Å². The summed E-state index contributed by atoms with van der Waals surface area (Å²) >= 11 is 1.30. The van der Waals surface area contributed by atoms with Crippen LogP contribution in [0, 0.1) is 0 Å². The zero-order valence-electron chi connectivity index (χ0n) is 19.8. The molecule has 0 saturated heterocycles. The van der Waals surface area contributed by atoms with Crippen LogP contribution in [0.1, 0.15) is 52.4 Å². The Balaban J connectivity index is 1.60. The van der Waals surface area contributed by atoms with Crippen molar-refractivity contribution in [1.82, 2.24) is 29.4 Å². The van der Waals surface area contributed by atoms with Gasteiger partial charge in [0.15, 0.2) is 5.16 Å². The number of aryl methyl sites for hydroxylation is 1. The molecule has 1 N–H and O–H groups in total. The average Bonchev–Trinajstić information content (AvgIpc) is 3.28. The third kappa shape index (κ3) is 5.11. The van der Waals surface area contributed by atoms with Gasteiger partial charge in [0, 0.05) is 32.1 Å². The highest BCUT2D eigenvalue weighted by Crippen LogP contribution is 2.22. The number of thioether (sulfide) groups is 1. The van der Waals surface area contributed by atoms with E-state index in [1.807, 2.05) is 36.4 Å². The predicted molar refractivity (Wildman–Crippen MR) is 133 cm³/mol. The van der Waals surface area contributed by atoms with E-state index in [4.69, 9.17) is 0 Å². The molecule has 0 bridgehead atoms. The van der Waals surface area contributed by atoms with Crippen molar-refractivity contribution in [1.29, 1.82) is 0 Å². The average molecular weight is 485 g/mol. The van der Waals surface area contributed by atoms with Gasteiger partial charge in [0.1, 0.15) is 0 Å². The van der Waals surface area contributed by atoms with Crippen LogP contribution in [-0.2, 0) is 16.1 Å². The summed E-state index contributed by atoms with van der Waals surface area (Å²) in [7, 11) is 0. The quantitative estimate of drug-likeness (QED) is 0.469. The third-order valence-electron chi connectivity index (χ3n) is 6.45. The second kappa shape index (κ2) is 11.0. The van der Waals surface area contributed by atoms with Crippen LogP contribution in [0.4, 0.5) is 0 Å². The Morgan fingerprint density at radius 1 is 1.12 bits per heavy atom. The Morgan fingerprint density at radius 3 is 2.59 bits per heavy atom. The molecule has 2 aromatic heterocycles. The maximum atomic E-state index is 13.3. The number of carbonyl (C=O) groups is 2. The van der Waals surface area contributed by atoms with Crippen LogP contribution in [0.15, 0.2) is 34.2 Å². The summed E-state index contributed by atoms with van der Waals surface area (Å²) in [6, 6.07) is 7.53. The molecule has 0 radical (unpaired) electrons. The number of nitrogens with one attached hydrogen (secondary N) is 1. The number of aromatic nitrogens is 4. The van der Waals surface area contributed by atoms with Crippen molar-refractivity contribution in [2.45, 2.75) is 70.1 Å². The van der Waals surface area contributed by atoms with E-state index in [9.17, 15) is 14.4 Å². The van der Waals surface area contributed by atoms with E-state index in [1.54, 1.807) is 11.0 Å². The number of hydrogen-bond acceptors (Lipinski definition) is 6. The van der Waals surface area contributed by atoms with Gasteiger partial charge in [-0.15, -0.1) is 10.2 Å². The van der Waals surface area contributed by atoms with E-state index < -0.39 is 0 Å². The van der Waals surface area contributed by atoms with Gasteiger partial charge in [-0.3, -0.25) is 23.4 Å². The molecule has 3 aromatic rings. The summed E-state index contributed by atoms with van der Waals surface area (Å²) in [6.45, 7) is 5.43. The smallest absolute Gasteiger partial charge is 0.262 e. The molecular formula is C24H32N6O3S. The number of hydrogen-bond donors (Lipinski definition) is 1. The normalized spacial score (nSPS) is 14.5. The highest BCUT2D eigenvalue weighted by molar-refractivity contribution is 7.99. The Hall–Kier alpha value is -2.88. The predicted octanol–water partition coefficient (Wildman–Crippen LogP) is 2.84. The first-order chi connectivity index (χ1) is 16.5. The lowest BCUT2D eigenvalue weighted by Crippen LogP contribution is -2.37. The van der Waals surface area contributed by atoms with E-state index in [-0.39, 0.29) is 42.1 Å². The molecule has 2 heterocycles. The van der Waals surface area contributed by atoms with Crippen molar-refractivity contribution in [2.24, 2.45) is 0 Å². The minimum Gasteiger partial charge on any atom is -0.353 e. The fourth-order valence-electron chi connectivity index (χ4n) is 4.58. The zero-order valence-corrected chi connectivity index (χ0v) is 20.6. The van der Waals surface area contributed by atoms with Crippen LogP contribution in [0.25, 0.3) is 16.7 Å². The van der Waals surface area contributed by atoms with E-state index in [0.29, 0.717) is 34.9 Å². The number of carbonyl (C=O) groups excluding carboxylic acids is 2. The topological polar surface area (TPSA) is 102 Å². The van der Waals surface area contributed by atoms with Gasteiger partial charge < -0.3 is 10.2 Å². The molecule has 1 saturated carbocycles. The molecule has 10 heteroatoms. The minimum absolute atomic E-state index is 0.0313. The van der Waals surface area contributed by atoms with Crippen LogP contribution in [0.5, 0.6) is 0 Å². The zero-order chi connectivity index (χ0) is 24.1. The maximum absolute atomic E-state index is 13.3. The molecule has 4 rings (SSSR count). The number of benzene rings is 1. The number of nitrogens with zero attached hydrogens (tertiary/aromatic N) is 5. The maximum Gasteiger partial charge on any atom is 0.262 e. The summed E-state index contributed by atoms with van der Waals surface area (Å²) in [4.78, 5) is 40.1. The van der Waals surface area contributed by atoms with Gasteiger partial charge in [0.25, 0.3) is 5.56 Å². The van der Waals surface area contributed by atoms with Crippen molar-refractivity contribution in [2.75, 3.05) is 18.8 Å². The molecule has 1 fully saturated rings. The van der Waals surface area contributed by atoms with Gasteiger partial charge in [-0.05, 0) is 38.8 Å². The highest BCUT2D eigenvalue weighted by Gasteiger charge is 2.20. The molecule has 1 aromatic carbocycles. The van der Waals surface area contributed by atoms with Crippen LogP contribution < -0.4 is 10.9 Å². The van der Waals surface area contributed by atoms with E-state index in [2.05, 4.69) is 15.5 Å². The van der Waals surface area contributed by atoms with Crippen LogP contribution >= 0.6 is 11.8 Å². The largest absolute Gasteiger partial charge is 0.353 e. The van der Waals surface area contributed by atoms with Crippen molar-refractivity contribution in [3.05, 3.63) is 34.6 Å². The van der Waals surface area contributed by atoms with Gasteiger partial charge in [-0.1, -0.05) is 43.2 Å². The summed E-state index contributed by atoms with van der Waals surface area (Å²) in [6.07, 6.45) is 5.75. The lowest BCUT2D eigenvalue weighted by atomic mass is 9.95. The van der Waals surface area contributed by atoms with Gasteiger partial charge in [0.2, 0.25) is 17.6 Å². The van der Waals surface area contributed by atoms with Crippen LogP contribution in [-0.4, -0.2) is 60.8 Å². The molecule has 0 spiro atoms.